The van der Waals surface area contributed by atoms with Gasteiger partial charge in [-0.25, -0.2) is 9.67 Å². The van der Waals surface area contributed by atoms with E-state index in [1.165, 1.54) is 0 Å². The third-order valence-electron chi connectivity index (χ3n) is 4.24. The average Bonchev–Trinajstić information content (AvgIpc) is 3.09. The zero-order valence-corrected chi connectivity index (χ0v) is 14.8. The molecule has 0 unspecified atom stereocenters. The largest absolute Gasteiger partial charge is 0.497 e. The van der Waals surface area contributed by atoms with Crippen LogP contribution in [0.5, 0.6) is 5.75 Å². The molecule has 0 bridgehead atoms. The number of hydrogen-bond donors (Lipinski definition) is 1. The van der Waals surface area contributed by atoms with Crippen LogP contribution >= 0.6 is 0 Å². The molecule has 0 saturated heterocycles. The van der Waals surface area contributed by atoms with Crippen molar-refractivity contribution in [3.05, 3.63) is 72.6 Å². The molecule has 0 aliphatic heterocycles. The van der Waals surface area contributed by atoms with Crippen LogP contribution in [0.3, 0.4) is 0 Å². The maximum absolute atomic E-state index is 6.24. The first-order valence-electron chi connectivity index (χ1n) is 8.44. The van der Waals surface area contributed by atoms with E-state index in [2.05, 4.69) is 20.3 Å². The van der Waals surface area contributed by atoms with Crippen molar-refractivity contribution in [3.63, 3.8) is 0 Å². The number of aromatic nitrogens is 5. The number of methoxy groups -OCH3 is 1. The van der Waals surface area contributed by atoms with Crippen LogP contribution in [0.15, 0.2) is 67.0 Å². The molecular weight excluding hydrogens is 340 g/mol. The predicted molar refractivity (Wildman–Crippen MR) is 103 cm³/mol. The Morgan fingerprint density at radius 1 is 0.963 bits per heavy atom. The smallest absolute Gasteiger partial charge is 0.187 e. The molecule has 27 heavy (non-hydrogen) atoms. The first-order chi connectivity index (χ1) is 13.2. The van der Waals surface area contributed by atoms with Gasteiger partial charge in [0.15, 0.2) is 5.82 Å². The SMILES string of the molecule is COc1ccc(-c2cnc(-c3cnn(Cc4ccccc4)c3N)nn2)cc1. The number of nitrogens with two attached hydrogens (primary N) is 1. The molecule has 2 aromatic carbocycles. The lowest BCUT2D eigenvalue weighted by Crippen LogP contribution is -2.06. The van der Waals surface area contributed by atoms with Crippen LogP contribution < -0.4 is 10.5 Å². The van der Waals surface area contributed by atoms with Crippen LogP contribution in [0.25, 0.3) is 22.6 Å². The van der Waals surface area contributed by atoms with Gasteiger partial charge in [-0.1, -0.05) is 30.3 Å². The van der Waals surface area contributed by atoms with Gasteiger partial charge in [0.25, 0.3) is 0 Å². The van der Waals surface area contributed by atoms with Gasteiger partial charge in [-0.05, 0) is 29.8 Å². The maximum Gasteiger partial charge on any atom is 0.187 e. The van der Waals surface area contributed by atoms with E-state index >= 15 is 0 Å². The van der Waals surface area contributed by atoms with E-state index in [9.17, 15) is 0 Å². The predicted octanol–water partition coefficient (Wildman–Crippen LogP) is 3.04. The van der Waals surface area contributed by atoms with Crippen LogP contribution in [0.1, 0.15) is 5.56 Å². The van der Waals surface area contributed by atoms with E-state index in [0.29, 0.717) is 29.4 Å². The molecule has 7 heteroatoms. The van der Waals surface area contributed by atoms with Gasteiger partial charge in [-0.2, -0.15) is 5.10 Å². The fourth-order valence-corrected chi connectivity index (χ4v) is 2.74. The lowest BCUT2D eigenvalue weighted by Gasteiger charge is -2.05. The Morgan fingerprint density at radius 2 is 1.74 bits per heavy atom. The summed E-state index contributed by atoms with van der Waals surface area (Å²) in [6.07, 6.45) is 3.35. The third kappa shape index (κ3) is 3.48. The average molecular weight is 358 g/mol. The van der Waals surface area contributed by atoms with E-state index in [1.54, 1.807) is 24.2 Å². The summed E-state index contributed by atoms with van der Waals surface area (Å²) < 4.78 is 6.89. The van der Waals surface area contributed by atoms with Crippen molar-refractivity contribution >= 4 is 5.82 Å². The summed E-state index contributed by atoms with van der Waals surface area (Å²) in [5.74, 6) is 1.75. The Morgan fingerprint density at radius 3 is 2.41 bits per heavy atom. The second kappa shape index (κ2) is 7.25. The highest BCUT2D eigenvalue weighted by molar-refractivity contribution is 5.68. The summed E-state index contributed by atoms with van der Waals surface area (Å²) >= 11 is 0. The molecule has 0 amide bonds. The Labute approximate surface area is 156 Å². The Balaban J connectivity index is 1.57. The number of hydrogen-bond acceptors (Lipinski definition) is 6. The number of nitrogen functional groups attached to an aromatic ring is 1. The van der Waals surface area contributed by atoms with E-state index in [-0.39, 0.29) is 0 Å². The fraction of sp³-hybridized carbons (Fsp3) is 0.100. The molecule has 7 nitrogen and oxygen atoms in total. The van der Waals surface area contributed by atoms with E-state index in [4.69, 9.17) is 10.5 Å². The third-order valence-corrected chi connectivity index (χ3v) is 4.24. The summed E-state index contributed by atoms with van der Waals surface area (Å²) in [7, 11) is 1.63. The number of ether oxygens (including phenoxy) is 1. The minimum absolute atomic E-state index is 0.448. The van der Waals surface area contributed by atoms with Crippen molar-refractivity contribution in [2.75, 3.05) is 12.8 Å². The van der Waals surface area contributed by atoms with Gasteiger partial charge < -0.3 is 10.5 Å². The van der Waals surface area contributed by atoms with Crippen LogP contribution in [-0.2, 0) is 6.54 Å². The number of anilines is 1. The summed E-state index contributed by atoms with van der Waals surface area (Å²) in [6.45, 7) is 0.587. The maximum atomic E-state index is 6.24. The topological polar surface area (TPSA) is 91.7 Å². The Hall–Kier alpha value is -3.74. The fourth-order valence-electron chi connectivity index (χ4n) is 2.74. The van der Waals surface area contributed by atoms with Crippen molar-refractivity contribution < 1.29 is 4.74 Å². The zero-order chi connectivity index (χ0) is 18.6. The summed E-state index contributed by atoms with van der Waals surface area (Å²) in [4.78, 5) is 4.41. The number of benzene rings is 2. The molecule has 2 heterocycles. The van der Waals surface area contributed by atoms with E-state index < -0.39 is 0 Å². The molecule has 134 valence electrons. The molecule has 4 aromatic rings. The van der Waals surface area contributed by atoms with Crippen LogP contribution in [0, 0.1) is 0 Å². The second-order valence-corrected chi connectivity index (χ2v) is 5.98. The quantitative estimate of drug-likeness (QED) is 0.589. The normalized spacial score (nSPS) is 10.7. The summed E-state index contributed by atoms with van der Waals surface area (Å²) in [5.41, 5.74) is 9.62. The van der Waals surface area contributed by atoms with Gasteiger partial charge in [0.1, 0.15) is 17.3 Å². The molecule has 0 fully saturated rings. The molecular formula is C20H18N6O. The standard InChI is InChI=1S/C20H18N6O/c1-27-16-9-7-15(8-10-16)18-12-22-20(25-24-18)17-11-23-26(19(17)21)13-14-5-3-2-4-6-14/h2-12H,13,21H2,1H3. The highest BCUT2D eigenvalue weighted by atomic mass is 16.5. The minimum atomic E-state index is 0.448. The van der Waals surface area contributed by atoms with E-state index in [1.807, 2.05) is 54.6 Å². The monoisotopic (exact) mass is 358 g/mol. The first-order valence-corrected chi connectivity index (χ1v) is 8.44. The highest BCUT2D eigenvalue weighted by Crippen LogP contribution is 2.24. The van der Waals surface area contributed by atoms with Crippen molar-refractivity contribution in [3.8, 4) is 28.4 Å². The van der Waals surface area contributed by atoms with Crippen LogP contribution in [-0.4, -0.2) is 32.1 Å². The zero-order valence-electron chi connectivity index (χ0n) is 14.8. The molecule has 0 atom stereocenters. The minimum Gasteiger partial charge on any atom is -0.497 e. The first kappa shape index (κ1) is 16.7. The molecule has 4 rings (SSSR count). The van der Waals surface area contributed by atoms with Gasteiger partial charge in [-0.15, -0.1) is 10.2 Å². The van der Waals surface area contributed by atoms with Gasteiger partial charge >= 0.3 is 0 Å². The van der Waals surface area contributed by atoms with Gasteiger partial charge in [0.05, 0.1) is 31.6 Å². The van der Waals surface area contributed by atoms with Crippen molar-refractivity contribution in [1.29, 1.82) is 0 Å². The molecule has 0 aliphatic carbocycles. The molecule has 0 spiro atoms. The van der Waals surface area contributed by atoms with E-state index in [0.717, 1.165) is 16.9 Å². The molecule has 0 saturated carbocycles. The lowest BCUT2D eigenvalue weighted by molar-refractivity contribution is 0.415. The molecule has 0 radical (unpaired) electrons. The van der Waals surface area contributed by atoms with Crippen LogP contribution in [0.2, 0.25) is 0 Å². The van der Waals surface area contributed by atoms with Gasteiger partial charge in [-0.3, -0.25) is 0 Å². The van der Waals surface area contributed by atoms with Crippen molar-refractivity contribution in [2.24, 2.45) is 0 Å². The number of nitrogens with zero attached hydrogens (tertiary/aromatic N) is 5. The van der Waals surface area contributed by atoms with Crippen molar-refractivity contribution in [1.82, 2.24) is 25.0 Å². The number of rotatable bonds is 5. The summed E-state index contributed by atoms with van der Waals surface area (Å²) in [5, 5.41) is 12.8. The molecule has 2 N–H and O–H groups in total. The second-order valence-electron chi connectivity index (χ2n) is 5.98. The molecule has 0 aliphatic rings. The lowest BCUT2D eigenvalue weighted by atomic mass is 10.1. The van der Waals surface area contributed by atoms with Crippen LogP contribution in [0.4, 0.5) is 5.82 Å². The van der Waals surface area contributed by atoms with Gasteiger partial charge in [0, 0.05) is 5.56 Å². The summed E-state index contributed by atoms with van der Waals surface area (Å²) in [6, 6.07) is 17.6. The Kier molecular flexibility index (Phi) is 4.49. The Bertz CT molecular complexity index is 1030. The van der Waals surface area contributed by atoms with Gasteiger partial charge in [0.2, 0.25) is 0 Å². The highest BCUT2D eigenvalue weighted by Gasteiger charge is 2.13. The molecule has 2 aromatic heterocycles. The van der Waals surface area contributed by atoms with Crippen molar-refractivity contribution in [2.45, 2.75) is 6.54 Å².